The smallest absolute Gasteiger partial charge is 0.0379 e. The van der Waals surface area contributed by atoms with E-state index in [1.807, 2.05) is 0 Å². The molecule has 1 aliphatic rings. The van der Waals surface area contributed by atoms with E-state index in [9.17, 15) is 0 Å². The van der Waals surface area contributed by atoms with Crippen molar-refractivity contribution in [3.05, 3.63) is 12.2 Å². The number of hydrogen-bond acceptors (Lipinski definition) is 0. The molecule has 1 aliphatic carbocycles. The fourth-order valence-electron chi connectivity index (χ4n) is 2.14. The predicted octanol–water partition coefficient (Wildman–Crippen LogP) is 7.39. The molecule has 2 atom stereocenters. The highest BCUT2D eigenvalue weighted by Crippen LogP contribution is 2.42. The van der Waals surface area contributed by atoms with Gasteiger partial charge in [-0.2, -0.15) is 0 Å². The molecular weight excluding hydrogens is 228 g/mol. The summed E-state index contributed by atoms with van der Waals surface area (Å²) >= 11 is 0. The van der Waals surface area contributed by atoms with Crippen molar-refractivity contribution in [1.82, 2.24) is 0 Å². The van der Waals surface area contributed by atoms with Gasteiger partial charge in [0.25, 0.3) is 0 Å². The van der Waals surface area contributed by atoms with Crippen LogP contribution in [0.2, 0.25) is 0 Å². The number of hydrogen-bond donors (Lipinski definition) is 0. The summed E-state index contributed by atoms with van der Waals surface area (Å²) in [4.78, 5) is 0. The molecular formula is C19H40. The Kier molecular flexibility index (Phi) is 19.7. The van der Waals surface area contributed by atoms with Gasteiger partial charge in [0.15, 0.2) is 0 Å². The summed E-state index contributed by atoms with van der Waals surface area (Å²) < 4.78 is 0. The van der Waals surface area contributed by atoms with Gasteiger partial charge in [0.05, 0.1) is 0 Å². The summed E-state index contributed by atoms with van der Waals surface area (Å²) in [6.07, 6.45) is 16.6. The molecule has 0 aromatic rings. The van der Waals surface area contributed by atoms with E-state index >= 15 is 0 Å². The first-order chi connectivity index (χ1) is 9.21. The van der Waals surface area contributed by atoms with Gasteiger partial charge in [-0.15, -0.1) is 0 Å². The molecule has 0 heterocycles. The second-order valence-corrected chi connectivity index (χ2v) is 5.57. The molecule has 0 amide bonds. The van der Waals surface area contributed by atoms with E-state index in [1.54, 1.807) is 0 Å². The molecule has 0 heteroatoms. The van der Waals surface area contributed by atoms with Gasteiger partial charge in [-0.1, -0.05) is 92.2 Å². The number of rotatable bonds is 7. The maximum Gasteiger partial charge on any atom is -0.0379 e. The quantitative estimate of drug-likeness (QED) is 0.333. The summed E-state index contributed by atoms with van der Waals surface area (Å²) in [7, 11) is 0. The van der Waals surface area contributed by atoms with Crippen molar-refractivity contribution >= 4 is 0 Å². The van der Waals surface area contributed by atoms with Crippen molar-refractivity contribution in [2.75, 3.05) is 0 Å². The molecule has 1 rings (SSSR count). The molecule has 2 unspecified atom stereocenters. The van der Waals surface area contributed by atoms with Gasteiger partial charge in [0.2, 0.25) is 0 Å². The molecule has 0 aromatic heterocycles. The molecule has 0 aromatic carbocycles. The second kappa shape index (κ2) is 17.7. The summed E-state index contributed by atoms with van der Waals surface area (Å²) in [5, 5.41) is 0. The maximum atomic E-state index is 2.29. The van der Waals surface area contributed by atoms with Crippen LogP contribution in [0.5, 0.6) is 0 Å². The van der Waals surface area contributed by atoms with Crippen LogP contribution < -0.4 is 0 Å². The first-order valence-corrected chi connectivity index (χ1v) is 8.86. The molecule has 116 valence electrons. The Bertz CT molecular complexity index is 151. The van der Waals surface area contributed by atoms with Gasteiger partial charge in [0, 0.05) is 0 Å². The molecule has 19 heavy (non-hydrogen) atoms. The molecule has 0 bridgehead atoms. The predicted molar refractivity (Wildman–Crippen MR) is 91.7 cm³/mol. The zero-order chi connectivity index (χ0) is 14.9. The molecule has 0 spiro atoms. The SMILES string of the molecule is CCC1CC1CC.CCC=CCC.CCCCCC. The molecule has 0 aliphatic heterocycles. The van der Waals surface area contributed by atoms with E-state index in [4.69, 9.17) is 0 Å². The van der Waals surface area contributed by atoms with Crippen LogP contribution in [0.25, 0.3) is 0 Å². The van der Waals surface area contributed by atoms with Gasteiger partial charge >= 0.3 is 0 Å². The Labute approximate surface area is 124 Å². The molecule has 0 nitrogen and oxygen atoms in total. The third-order valence-electron chi connectivity index (χ3n) is 3.71. The lowest BCUT2D eigenvalue weighted by molar-refractivity contribution is 0.663. The lowest BCUT2D eigenvalue weighted by atomic mass is 10.2. The highest BCUT2D eigenvalue weighted by Gasteiger charge is 2.32. The second-order valence-electron chi connectivity index (χ2n) is 5.57. The van der Waals surface area contributed by atoms with E-state index in [1.165, 1.54) is 57.8 Å². The minimum Gasteiger partial charge on any atom is -0.0888 e. The highest BCUT2D eigenvalue weighted by atomic mass is 14.4. The fourth-order valence-corrected chi connectivity index (χ4v) is 2.14. The van der Waals surface area contributed by atoms with Crippen LogP contribution in [0.3, 0.4) is 0 Å². The summed E-state index contributed by atoms with van der Waals surface area (Å²) in [6.45, 7) is 13.3. The van der Waals surface area contributed by atoms with Crippen LogP contribution in [0.15, 0.2) is 12.2 Å². The van der Waals surface area contributed by atoms with Crippen LogP contribution in [-0.2, 0) is 0 Å². The van der Waals surface area contributed by atoms with E-state index in [0.717, 1.165) is 11.8 Å². The fraction of sp³-hybridized carbons (Fsp3) is 0.895. The monoisotopic (exact) mass is 268 g/mol. The van der Waals surface area contributed by atoms with Crippen LogP contribution in [0.1, 0.15) is 99.3 Å². The highest BCUT2D eigenvalue weighted by molar-refractivity contribution is 4.83. The first kappa shape index (κ1) is 21.0. The van der Waals surface area contributed by atoms with Crippen LogP contribution in [0, 0.1) is 11.8 Å². The van der Waals surface area contributed by atoms with Gasteiger partial charge < -0.3 is 0 Å². The normalized spacial score (nSPS) is 20.3. The van der Waals surface area contributed by atoms with Crippen molar-refractivity contribution in [1.29, 1.82) is 0 Å². The van der Waals surface area contributed by atoms with Crippen molar-refractivity contribution < 1.29 is 0 Å². The molecule has 1 fully saturated rings. The Morgan fingerprint density at radius 1 is 0.684 bits per heavy atom. The summed E-state index contributed by atoms with van der Waals surface area (Å²) in [5.74, 6) is 2.23. The Morgan fingerprint density at radius 2 is 1.05 bits per heavy atom. The van der Waals surface area contributed by atoms with Crippen LogP contribution in [0.4, 0.5) is 0 Å². The van der Waals surface area contributed by atoms with Gasteiger partial charge in [-0.05, 0) is 31.1 Å². The minimum absolute atomic E-state index is 1.12. The number of allylic oxidation sites excluding steroid dienone is 2. The van der Waals surface area contributed by atoms with E-state index < -0.39 is 0 Å². The Balaban J connectivity index is 0. The largest absolute Gasteiger partial charge is 0.0888 e. The molecule has 1 saturated carbocycles. The van der Waals surface area contributed by atoms with Crippen LogP contribution in [-0.4, -0.2) is 0 Å². The first-order valence-electron chi connectivity index (χ1n) is 8.86. The van der Waals surface area contributed by atoms with Gasteiger partial charge in [0.1, 0.15) is 0 Å². The zero-order valence-electron chi connectivity index (χ0n) is 14.7. The third-order valence-corrected chi connectivity index (χ3v) is 3.71. The summed E-state index contributed by atoms with van der Waals surface area (Å²) in [5.41, 5.74) is 0. The maximum absolute atomic E-state index is 2.29. The molecule has 0 N–H and O–H groups in total. The molecule has 0 radical (unpaired) electrons. The minimum atomic E-state index is 1.12. The van der Waals surface area contributed by atoms with E-state index in [2.05, 4.69) is 53.7 Å². The lowest BCUT2D eigenvalue weighted by Crippen LogP contribution is -1.74. The van der Waals surface area contributed by atoms with Crippen molar-refractivity contribution in [2.24, 2.45) is 11.8 Å². The Morgan fingerprint density at radius 3 is 1.21 bits per heavy atom. The van der Waals surface area contributed by atoms with Gasteiger partial charge in [-0.25, -0.2) is 0 Å². The summed E-state index contributed by atoms with van der Waals surface area (Å²) in [6, 6.07) is 0. The standard InChI is InChI=1S/C7H14.C6H14.C6H12/c1-3-6-5-7(6)4-2;2*1-3-5-6-4-2/h6-7H,3-5H2,1-2H3;3-6H2,1-2H3;5-6H,3-4H2,1-2H3. The van der Waals surface area contributed by atoms with Crippen LogP contribution >= 0.6 is 0 Å². The average Bonchev–Trinajstić information content (AvgIpc) is 3.23. The van der Waals surface area contributed by atoms with Crippen molar-refractivity contribution in [3.63, 3.8) is 0 Å². The van der Waals surface area contributed by atoms with Gasteiger partial charge in [-0.3, -0.25) is 0 Å². The lowest BCUT2D eigenvalue weighted by Gasteiger charge is -1.86. The van der Waals surface area contributed by atoms with E-state index in [0.29, 0.717) is 0 Å². The number of unbranched alkanes of at least 4 members (excludes halogenated alkanes) is 3. The topological polar surface area (TPSA) is 0 Å². The van der Waals surface area contributed by atoms with E-state index in [-0.39, 0.29) is 0 Å². The molecule has 0 saturated heterocycles. The zero-order valence-corrected chi connectivity index (χ0v) is 14.7. The van der Waals surface area contributed by atoms with Crippen molar-refractivity contribution in [3.8, 4) is 0 Å². The Hall–Kier alpha value is -0.260. The third kappa shape index (κ3) is 17.7. The van der Waals surface area contributed by atoms with Crippen molar-refractivity contribution in [2.45, 2.75) is 99.3 Å². The average molecular weight is 269 g/mol.